The normalized spacial score (nSPS) is 17.3. The Morgan fingerprint density at radius 3 is 2.70 bits per heavy atom. The van der Waals surface area contributed by atoms with Crippen LogP contribution in [-0.4, -0.2) is 36.5 Å². The first-order valence-electron chi connectivity index (χ1n) is 11.4. The number of nitrogens with one attached hydrogen (secondary N) is 1. The van der Waals surface area contributed by atoms with Gasteiger partial charge in [0.2, 0.25) is 5.95 Å². The van der Waals surface area contributed by atoms with Crippen LogP contribution in [0, 0.1) is 5.82 Å². The number of anilines is 3. The molecule has 3 heterocycles. The molecule has 3 aromatic rings. The van der Waals surface area contributed by atoms with Gasteiger partial charge in [0.15, 0.2) is 0 Å². The first-order valence-corrected chi connectivity index (χ1v) is 12.8. The SMILES string of the molecule is CC1Cc2c(OS(=O)(=O)C(F)(F)F)cccc2N1c1nc2c(c(NCc3cccc(F)c3)n1)COCC2. The number of benzene rings is 2. The molecule has 37 heavy (non-hydrogen) atoms. The predicted molar refractivity (Wildman–Crippen MR) is 126 cm³/mol. The summed E-state index contributed by atoms with van der Waals surface area (Å²) in [5.41, 5.74) is -2.56. The van der Waals surface area contributed by atoms with Gasteiger partial charge < -0.3 is 19.1 Å². The van der Waals surface area contributed by atoms with E-state index in [4.69, 9.17) is 9.72 Å². The molecule has 0 amide bonds. The second-order valence-corrected chi connectivity index (χ2v) is 10.3. The Hall–Kier alpha value is -3.45. The molecule has 0 bridgehead atoms. The van der Waals surface area contributed by atoms with Crippen LogP contribution >= 0.6 is 0 Å². The molecule has 13 heteroatoms. The lowest BCUT2D eigenvalue weighted by Crippen LogP contribution is -2.28. The van der Waals surface area contributed by atoms with E-state index in [1.165, 1.54) is 24.3 Å². The molecule has 0 aliphatic carbocycles. The number of hydrogen-bond donors (Lipinski definition) is 1. The van der Waals surface area contributed by atoms with Crippen LogP contribution < -0.4 is 14.4 Å². The van der Waals surface area contributed by atoms with Crippen LogP contribution in [-0.2, 0) is 40.8 Å². The van der Waals surface area contributed by atoms with Crippen LogP contribution in [0.15, 0.2) is 42.5 Å². The maximum Gasteiger partial charge on any atom is 0.534 e. The summed E-state index contributed by atoms with van der Waals surface area (Å²) in [7, 11) is -5.83. The fraction of sp³-hybridized carbons (Fsp3) is 0.333. The average Bonchev–Trinajstić information content (AvgIpc) is 3.18. The Kier molecular flexibility index (Phi) is 6.44. The van der Waals surface area contributed by atoms with Crippen molar-refractivity contribution >= 4 is 27.6 Å². The highest BCUT2D eigenvalue weighted by molar-refractivity contribution is 7.88. The largest absolute Gasteiger partial charge is 0.534 e. The second kappa shape index (κ2) is 9.45. The van der Waals surface area contributed by atoms with Crippen molar-refractivity contribution in [3.05, 3.63) is 70.7 Å². The van der Waals surface area contributed by atoms with Crippen molar-refractivity contribution in [1.29, 1.82) is 0 Å². The molecule has 1 aromatic heterocycles. The van der Waals surface area contributed by atoms with Crippen LogP contribution in [0.3, 0.4) is 0 Å². The summed E-state index contributed by atoms with van der Waals surface area (Å²) in [5, 5.41) is 3.22. The van der Waals surface area contributed by atoms with Gasteiger partial charge in [0.25, 0.3) is 0 Å². The lowest BCUT2D eigenvalue weighted by molar-refractivity contribution is -0.0500. The Labute approximate surface area is 210 Å². The van der Waals surface area contributed by atoms with Crippen LogP contribution in [0.4, 0.5) is 35.0 Å². The zero-order valence-corrected chi connectivity index (χ0v) is 20.4. The third-order valence-electron chi connectivity index (χ3n) is 6.17. The van der Waals surface area contributed by atoms with Gasteiger partial charge in [-0.25, -0.2) is 9.37 Å². The number of fused-ring (bicyclic) bond motifs is 2. The van der Waals surface area contributed by atoms with E-state index in [2.05, 4.69) is 14.5 Å². The van der Waals surface area contributed by atoms with Crippen LogP contribution in [0.1, 0.15) is 29.3 Å². The number of rotatable bonds is 6. The summed E-state index contributed by atoms with van der Waals surface area (Å²) >= 11 is 0. The van der Waals surface area contributed by atoms with Crippen LogP contribution in [0.5, 0.6) is 5.75 Å². The monoisotopic (exact) mass is 538 g/mol. The van der Waals surface area contributed by atoms with Crippen molar-refractivity contribution in [1.82, 2.24) is 9.97 Å². The number of halogens is 4. The molecule has 0 spiro atoms. The number of aromatic nitrogens is 2. The number of nitrogens with zero attached hydrogens (tertiary/aromatic N) is 3. The summed E-state index contributed by atoms with van der Waals surface area (Å²) < 4.78 is 85.8. The molecule has 2 aliphatic rings. The Morgan fingerprint density at radius 2 is 1.95 bits per heavy atom. The topological polar surface area (TPSA) is 93.7 Å². The second-order valence-electron chi connectivity index (χ2n) is 8.74. The molecule has 0 fully saturated rings. The maximum absolute atomic E-state index is 13.6. The third kappa shape index (κ3) is 4.92. The summed E-state index contributed by atoms with van der Waals surface area (Å²) in [5.74, 6) is 0.0437. The van der Waals surface area contributed by atoms with E-state index in [9.17, 15) is 26.0 Å². The molecule has 5 rings (SSSR count). The first kappa shape index (κ1) is 25.2. The molecule has 0 saturated heterocycles. The van der Waals surface area contributed by atoms with Gasteiger partial charge in [-0.1, -0.05) is 18.2 Å². The lowest BCUT2D eigenvalue weighted by Gasteiger charge is -2.26. The highest BCUT2D eigenvalue weighted by Crippen LogP contribution is 2.43. The summed E-state index contributed by atoms with van der Waals surface area (Å²) in [6.45, 7) is 2.88. The van der Waals surface area contributed by atoms with Gasteiger partial charge in [-0.3, -0.25) is 0 Å². The van der Waals surface area contributed by atoms with E-state index < -0.39 is 15.6 Å². The van der Waals surface area contributed by atoms with Crippen LogP contribution in [0.2, 0.25) is 0 Å². The van der Waals surface area contributed by atoms with Gasteiger partial charge in [0.1, 0.15) is 17.4 Å². The van der Waals surface area contributed by atoms with E-state index in [1.807, 2.05) is 6.92 Å². The fourth-order valence-electron chi connectivity index (χ4n) is 4.46. The number of hydrogen-bond acceptors (Lipinski definition) is 8. The number of alkyl halides is 3. The van der Waals surface area contributed by atoms with E-state index in [-0.39, 0.29) is 24.0 Å². The van der Waals surface area contributed by atoms with Crippen molar-refractivity contribution in [2.75, 3.05) is 16.8 Å². The van der Waals surface area contributed by atoms with E-state index >= 15 is 0 Å². The molecule has 1 N–H and O–H groups in total. The smallest absolute Gasteiger partial charge is 0.376 e. The molecule has 2 aliphatic heterocycles. The van der Waals surface area contributed by atoms with Gasteiger partial charge in [-0.15, -0.1) is 0 Å². The molecular weight excluding hydrogens is 516 g/mol. The fourth-order valence-corrected chi connectivity index (χ4v) is 4.95. The van der Waals surface area contributed by atoms with Crippen molar-refractivity contribution in [3.63, 3.8) is 0 Å². The van der Waals surface area contributed by atoms with Gasteiger partial charge >= 0.3 is 15.6 Å². The maximum atomic E-state index is 13.6. The molecule has 196 valence electrons. The zero-order valence-electron chi connectivity index (χ0n) is 19.5. The Bertz CT molecular complexity index is 1450. The summed E-state index contributed by atoms with van der Waals surface area (Å²) in [6, 6.07) is 10.1. The van der Waals surface area contributed by atoms with Crippen molar-refractivity contribution < 1.29 is 34.9 Å². The lowest BCUT2D eigenvalue weighted by atomic mass is 10.1. The standard InChI is InChI=1S/C24H22F4N4O4S/c1-14-10-17-20(6-3-7-21(17)36-37(33,34)24(26,27)28)32(14)23-30-19-8-9-35-13-18(19)22(31-23)29-12-15-4-2-5-16(25)11-15/h2-7,11,14H,8-10,12-13H2,1H3,(H,29,30,31). The van der Waals surface area contributed by atoms with Crippen LogP contribution in [0.25, 0.3) is 0 Å². The summed E-state index contributed by atoms with van der Waals surface area (Å²) in [4.78, 5) is 11.1. The highest BCUT2D eigenvalue weighted by Gasteiger charge is 2.49. The Morgan fingerprint density at radius 1 is 1.16 bits per heavy atom. The van der Waals surface area contributed by atoms with Gasteiger partial charge in [-0.05, 0) is 43.2 Å². The minimum atomic E-state index is -5.83. The van der Waals surface area contributed by atoms with Gasteiger partial charge in [0.05, 0.1) is 24.6 Å². The predicted octanol–water partition coefficient (Wildman–Crippen LogP) is 4.61. The Balaban J connectivity index is 1.51. The van der Waals surface area contributed by atoms with Gasteiger partial charge in [-0.2, -0.15) is 26.6 Å². The molecule has 0 radical (unpaired) electrons. The number of ether oxygens (including phenoxy) is 1. The summed E-state index contributed by atoms with van der Waals surface area (Å²) in [6.07, 6.45) is 0.746. The van der Waals surface area contributed by atoms with E-state index in [0.717, 1.165) is 11.3 Å². The zero-order chi connectivity index (χ0) is 26.4. The van der Waals surface area contributed by atoms with Gasteiger partial charge in [0, 0.05) is 30.1 Å². The van der Waals surface area contributed by atoms with E-state index in [0.29, 0.717) is 54.8 Å². The third-order valence-corrected chi connectivity index (χ3v) is 7.13. The first-order chi connectivity index (χ1) is 17.5. The minimum absolute atomic E-state index is 0.217. The average molecular weight is 539 g/mol. The molecule has 1 unspecified atom stereocenters. The molecule has 8 nitrogen and oxygen atoms in total. The minimum Gasteiger partial charge on any atom is -0.376 e. The molecule has 2 aromatic carbocycles. The quantitative estimate of drug-likeness (QED) is 0.276. The molecule has 0 saturated carbocycles. The van der Waals surface area contributed by atoms with Crippen molar-refractivity contribution in [2.24, 2.45) is 0 Å². The highest BCUT2D eigenvalue weighted by atomic mass is 32.2. The van der Waals surface area contributed by atoms with Crippen molar-refractivity contribution in [2.45, 2.75) is 44.5 Å². The van der Waals surface area contributed by atoms with E-state index in [1.54, 1.807) is 23.1 Å². The molecular formula is C24H22F4N4O4S. The van der Waals surface area contributed by atoms with Crippen molar-refractivity contribution in [3.8, 4) is 5.75 Å². The molecule has 1 atom stereocenters.